The van der Waals surface area contributed by atoms with Gasteiger partial charge in [-0.25, -0.2) is 4.79 Å². The third-order valence-electron chi connectivity index (χ3n) is 1.83. The van der Waals surface area contributed by atoms with E-state index in [1.807, 2.05) is 0 Å². The largest absolute Gasteiger partial charge is 1.00 e. The number of carboxylic acid groups (broad SMARTS) is 1. The molecule has 0 spiro atoms. The van der Waals surface area contributed by atoms with Gasteiger partial charge in [0.15, 0.2) is 12.4 Å². The first kappa shape index (κ1) is 13.9. The Labute approximate surface area is 92.6 Å². The van der Waals surface area contributed by atoms with Crippen LogP contribution in [0.4, 0.5) is 0 Å². The number of aliphatic carboxylic acids is 1. The summed E-state index contributed by atoms with van der Waals surface area (Å²) in [7, 11) is 0. The monoisotopic (exact) mass is 202 g/mol. The van der Waals surface area contributed by atoms with Crippen LogP contribution >= 0.6 is 0 Å². The van der Waals surface area contributed by atoms with Crippen LogP contribution in [0, 0.1) is 0 Å². The summed E-state index contributed by atoms with van der Waals surface area (Å²) in [6.07, 6.45) is -8.72. The Morgan fingerprint density at radius 1 is 1.07 bits per heavy atom. The van der Waals surface area contributed by atoms with Crippen molar-refractivity contribution in [3.8, 4) is 0 Å². The SMILES string of the molecule is O=C(O)[C@H]1O[C@@H](O)[C@H](O)[C@@H](O)[C@@H]1O.[H-].[Li+]. The summed E-state index contributed by atoms with van der Waals surface area (Å²) in [5.74, 6) is -1.52. The molecule has 5 atom stereocenters. The maximum absolute atomic E-state index is 10.4. The molecule has 1 aliphatic heterocycles. The predicted molar refractivity (Wildman–Crippen MR) is 37.6 cm³/mol. The van der Waals surface area contributed by atoms with E-state index < -0.39 is 36.7 Å². The van der Waals surface area contributed by atoms with Gasteiger partial charge >= 0.3 is 24.8 Å². The molecule has 78 valence electrons. The zero-order valence-corrected chi connectivity index (χ0v) is 7.44. The quantitative estimate of drug-likeness (QED) is 0.268. The van der Waals surface area contributed by atoms with Crippen LogP contribution in [0.3, 0.4) is 0 Å². The van der Waals surface area contributed by atoms with Crippen LogP contribution < -0.4 is 18.9 Å². The van der Waals surface area contributed by atoms with E-state index in [0.29, 0.717) is 0 Å². The Balaban J connectivity index is 0. The molecule has 0 unspecified atom stereocenters. The second kappa shape index (κ2) is 5.09. The smallest absolute Gasteiger partial charge is 1.00 e. The van der Waals surface area contributed by atoms with Gasteiger partial charge in [-0.15, -0.1) is 0 Å². The number of carboxylic acids is 1. The molecule has 0 amide bonds. The fraction of sp³-hybridized carbons (Fsp3) is 0.833. The molecule has 14 heavy (non-hydrogen) atoms. The van der Waals surface area contributed by atoms with Gasteiger partial charge in [0, 0.05) is 0 Å². The third-order valence-corrected chi connectivity index (χ3v) is 1.83. The zero-order chi connectivity index (χ0) is 10.2. The van der Waals surface area contributed by atoms with Crippen molar-refractivity contribution in [2.45, 2.75) is 30.7 Å². The second-order valence-corrected chi connectivity index (χ2v) is 2.76. The molecule has 5 N–H and O–H groups in total. The van der Waals surface area contributed by atoms with Crippen molar-refractivity contribution >= 4 is 5.97 Å². The topological polar surface area (TPSA) is 127 Å². The van der Waals surface area contributed by atoms with E-state index in [9.17, 15) is 4.79 Å². The van der Waals surface area contributed by atoms with Gasteiger partial charge in [-0.05, 0) is 0 Å². The fourth-order valence-electron chi connectivity index (χ4n) is 1.07. The Morgan fingerprint density at radius 2 is 1.57 bits per heavy atom. The van der Waals surface area contributed by atoms with Gasteiger partial charge in [-0.1, -0.05) is 0 Å². The standard InChI is InChI=1S/C6H10O7.Li.H/c7-1-2(8)4(5(10)11)13-6(12)3(1)9;;/h1-4,6-9,12H,(H,10,11);;/q;+1;-1/t1-,2-,3+,4-,6+;;/m0../s1. The van der Waals surface area contributed by atoms with Gasteiger partial charge in [0.2, 0.25) is 0 Å². The van der Waals surface area contributed by atoms with E-state index in [4.69, 9.17) is 25.5 Å². The zero-order valence-electron chi connectivity index (χ0n) is 8.44. The number of hydrogen-bond acceptors (Lipinski definition) is 6. The molecular weight excluding hydrogens is 191 g/mol. The maximum atomic E-state index is 10.4. The van der Waals surface area contributed by atoms with Crippen LogP contribution in [-0.2, 0) is 9.53 Å². The van der Waals surface area contributed by atoms with Crippen molar-refractivity contribution in [2.24, 2.45) is 0 Å². The van der Waals surface area contributed by atoms with Crippen LogP contribution in [0.5, 0.6) is 0 Å². The van der Waals surface area contributed by atoms with Crippen molar-refractivity contribution in [1.29, 1.82) is 0 Å². The van der Waals surface area contributed by atoms with E-state index in [1.165, 1.54) is 0 Å². The molecule has 8 heteroatoms. The normalized spacial score (nSPS) is 42.7. The summed E-state index contributed by atoms with van der Waals surface area (Å²) >= 11 is 0. The van der Waals surface area contributed by atoms with Crippen molar-refractivity contribution in [1.82, 2.24) is 0 Å². The molecule has 1 fully saturated rings. The van der Waals surface area contributed by atoms with Gasteiger partial charge in [-0.3, -0.25) is 0 Å². The molecule has 1 saturated heterocycles. The van der Waals surface area contributed by atoms with Gasteiger partial charge in [0.05, 0.1) is 0 Å². The Bertz CT molecular complexity index is 216. The Hall–Kier alpha value is -0.133. The van der Waals surface area contributed by atoms with E-state index in [0.717, 1.165) is 0 Å². The van der Waals surface area contributed by atoms with E-state index in [-0.39, 0.29) is 20.3 Å². The van der Waals surface area contributed by atoms with Crippen LogP contribution in [0.15, 0.2) is 0 Å². The van der Waals surface area contributed by atoms with E-state index in [2.05, 4.69) is 4.74 Å². The molecule has 0 aliphatic carbocycles. The first-order chi connectivity index (χ1) is 5.95. The van der Waals surface area contributed by atoms with Gasteiger partial charge in [0.1, 0.15) is 18.3 Å². The summed E-state index contributed by atoms with van der Waals surface area (Å²) in [5.41, 5.74) is 0. The van der Waals surface area contributed by atoms with E-state index in [1.54, 1.807) is 0 Å². The first-order valence-electron chi connectivity index (χ1n) is 3.55. The van der Waals surface area contributed by atoms with Crippen molar-refractivity contribution < 1.29 is 55.4 Å². The first-order valence-corrected chi connectivity index (χ1v) is 3.55. The average molecular weight is 202 g/mol. The van der Waals surface area contributed by atoms with Crippen molar-refractivity contribution in [3.05, 3.63) is 0 Å². The van der Waals surface area contributed by atoms with Crippen LogP contribution in [0.2, 0.25) is 0 Å². The summed E-state index contributed by atoms with van der Waals surface area (Å²) in [6, 6.07) is 0. The number of rotatable bonds is 1. The molecule has 0 aromatic rings. The molecule has 0 aromatic heterocycles. The summed E-state index contributed by atoms with van der Waals surface area (Å²) in [4.78, 5) is 10.4. The second-order valence-electron chi connectivity index (χ2n) is 2.76. The van der Waals surface area contributed by atoms with Crippen LogP contribution in [0.25, 0.3) is 0 Å². The molecule has 1 heterocycles. The molecular formula is C6H11LiO7. The molecule has 1 rings (SSSR count). The molecule has 0 radical (unpaired) electrons. The van der Waals surface area contributed by atoms with Crippen molar-refractivity contribution in [2.75, 3.05) is 0 Å². The van der Waals surface area contributed by atoms with Gasteiger partial charge in [0.25, 0.3) is 0 Å². The summed E-state index contributed by atoms with van der Waals surface area (Å²) in [6.45, 7) is 0. The predicted octanol–water partition coefficient (Wildman–Crippen LogP) is -6.01. The molecule has 1 aliphatic rings. The fourth-order valence-corrected chi connectivity index (χ4v) is 1.07. The minimum absolute atomic E-state index is 0. The maximum Gasteiger partial charge on any atom is 1.00 e. The number of hydrogen-bond donors (Lipinski definition) is 5. The van der Waals surface area contributed by atoms with Crippen LogP contribution in [0.1, 0.15) is 1.43 Å². The van der Waals surface area contributed by atoms with E-state index >= 15 is 0 Å². The van der Waals surface area contributed by atoms with Crippen LogP contribution in [-0.4, -0.2) is 62.2 Å². The molecule has 0 bridgehead atoms. The summed E-state index contributed by atoms with van der Waals surface area (Å²) in [5, 5.41) is 44.4. The number of carbonyl (C=O) groups is 1. The van der Waals surface area contributed by atoms with Gasteiger partial charge in [-0.2, -0.15) is 0 Å². The third kappa shape index (κ3) is 2.46. The average Bonchev–Trinajstić information content (AvgIpc) is 2.07. The Kier molecular flexibility index (Phi) is 5.04. The van der Waals surface area contributed by atoms with Gasteiger partial charge < -0.3 is 31.7 Å². The molecule has 0 saturated carbocycles. The molecule has 0 aromatic carbocycles. The minimum Gasteiger partial charge on any atom is -1.00 e. The number of aliphatic hydroxyl groups is 4. The summed E-state index contributed by atoms with van der Waals surface area (Å²) < 4.78 is 4.34. The number of ether oxygens (including phenoxy) is 1. The Morgan fingerprint density at radius 3 is 2.00 bits per heavy atom. The molecule has 7 nitrogen and oxygen atoms in total. The number of aliphatic hydroxyl groups excluding tert-OH is 4. The minimum atomic E-state index is -1.81. The van der Waals surface area contributed by atoms with Crippen molar-refractivity contribution in [3.63, 3.8) is 0 Å².